The number of hydrogen-bond donors (Lipinski definition) is 0. The lowest BCUT2D eigenvalue weighted by Crippen LogP contribution is -2.38. The molecular weight excluding hydrogens is 486 g/mol. The van der Waals surface area contributed by atoms with Gasteiger partial charge < -0.3 is 9.64 Å². The number of nitrogens with zero attached hydrogens (tertiary/aromatic N) is 3. The first-order chi connectivity index (χ1) is 14.0. The van der Waals surface area contributed by atoms with E-state index < -0.39 is 0 Å². The molecule has 3 aromatic rings. The average molecular weight is 513 g/mol. The van der Waals surface area contributed by atoms with E-state index in [0.29, 0.717) is 17.2 Å². The molecule has 0 aliphatic rings. The molecule has 1 amide bonds. The normalized spacial score (nSPS) is 10.9. The summed E-state index contributed by atoms with van der Waals surface area (Å²) in [6, 6.07) is 11.4. The lowest BCUT2D eigenvalue weighted by molar-refractivity contribution is 0.0983. The van der Waals surface area contributed by atoms with Gasteiger partial charge in [0.1, 0.15) is 11.3 Å². The minimum absolute atomic E-state index is 0. The van der Waals surface area contributed by atoms with Crippen molar-refractivity contribution >= 4 is 60.9 Å². The van der Waals surface area contributed by atoms with Gasteiger partial charge in [0.2, 0.25) is 0 Å². The van der Waals surface area contributed by atoms with Crippen molar-refractivity contribution in [3.05, 3.63) is 52.0 Å². The molecule has 2 aromatic carbocycles. The molecule has 1 heterocycles. The fourth-order valence-corrected chi connectivity index (χ4v) is 4.53. The molecule has 0 radical (unpaired) electrons. The Labute approximate surface area is 196 Å². The van der Waals surface area contributed by atoms with Gasteiger partial charge in [-0.3, -0.25) is 9.69 Å². The first-order valence-electron chi connectivity index (χ1n) is 9.72. The minimum Gasteiger partial charge on any atom is -0.494 e. The number of rotatable bonds is 8. The topological polar surface area (TPSA) is 45.7 Å². The molecule has 0 unspecified atom stereocenters. The Kier molecular flexibility index (Phi) is 9.09. The molecule has 0 fully saturated rings. The summed E-state index contributed by atoms with van der Waals surface area (Å²) in [5.41, 5.74) is 2.59. The van der Waals surface area contributed by atoms with Gasteiger partial charge >= 0.3 is 0 Å². The van der Waals surface area contributed by atoms with E-state index in [1.165, 1.54) is 0 Å². The predicted octanol–water partition coefficient (Wildman–Crippen LogP) is 5.79. The number of methoxy groups -OCH3 is 1. The van der Waals surface area contributed by atoms with Gasteiger partial charge in [-0.05, 0) is 55.9 Å². The van der Waals surface area contributed by atoms with Crippen LogP contribution in [0.2, 0.25) is 0 Å². The number of benzene rings is 2. The molecule has 0 N–H and O–H groups in total. The van der Waals surface area contributed by atoms with E-state index in [1.54, 1.807) is 23.3 Å². The van der Waals surface area contributed by atoms with E-state index in [0.717, 1.165) is 45.6 Å². The highest BCUT2D eigenvalue weighted by Gasteiger charge is 2.23. The number of fused-ring (bicyclic) bond motifs is 1. The molecule has 0 aliphatic heterocycles. The summed E-state index contributed by atoms with van der Waals surface area (Å²) in [6.45, 7) is 9.60. The Bertz CT molecular complexity index is 990. The molecule has 0 aliphatic carbocycles. The van der Waals surface area contributed by atoms with Crippen LogP contribution in [-0.2, 0) is 0 Å². The summed E-state index contributed by atoms with van der Waals surface area (Å²) in [5.74, 6) is 0.688. The number of hydrogen-bond acceptors (Lipinski definition) is 5. The molecule has 30 heavy (non-hydrogen) atoms. The molecule has 5 nitrogen and oxygen atoms in total. The van der Waals surface area contributed by atoms with Crippen LogP contribution in [0.1, 0.15) is 29.8 Å². The number of anilines is 1. The first kappa shape index (κ1) is 24.6. The van der Waals surface area contributed by atoms with E-state index in [-0.39, 0.29) is 18.3 Å². The third-order valence-corrected chi connectivity index (χ3v) is 6.76. The molecule has 3 rings (SSSR count). The van der Waals surface area contributed by atoms with Gasteiger partial charge in [0, 0.05) is 23.1 Å². The quantitative estimate of drug-likeness (QED) is 0.383. The highest BCUT2D eigenvalue weighted by atomic mass is 79.9. The van der Waals surface area contributed by atoms with E-state index in [4.69, 9.17) is 9.72 Å². The van der Waals surface area contributed by atoms with Gasteiger partial charge in [-0.1, -0.05) is 47.2 Å². The van der Waals surface area contributed by atoms with Crippen LogP contribution in [0.3, 0.4) is 0 Å². The van der Waals surface area contributed by atoms with E-state index in [9.17, 15) is 4.79 Å². The fourth-order valence-electron chi connectivity index (χ4n) is 3.19. The van der Waals surface area contributed by atoms with Crippen LogP contribution in [0.25, 0.3) is 10.2 Å². The number of amides is 1. The van der Waals surface area contributed by atoms with E-state index in [2.05, 4.69) is 41.6 Å². The van der Waals surface area contributed by atoms with Gasteiger partial charge in [-0.25, -0.2) is 4.98 Å². The van der Waals surface area contributed by atoms with Gasteiger partial charge in [-0.15, -0.1) is 12.4 Å². The summed E-state index contributed by atoms with van der Waals surface area (Å²) in [6.07, 6.45) is 0. The van der Waals surface area contributed by atoms with Crippen molar-refractivity contribution in [1.29, 1.82) is 0 Å². The molecule has 0 atom stereocenters. The molecule has 162 valence electrons. The van der Waals surface area contributed by atoms with Crippen LogP contribution in [0, 0.1) is 6.92 Å². The zero-order chi connectivity index (χ0) is 21.0. The summed E-state index contributed by atoms with van der Waals surface area (Å²) in [5, 5.41) is 0.702. The third kappa shape index (κ3) is 5.32. The largest absolute Gasteiger partial charge is 0.494 e. The Morgan fingerprint density at radius 2 is 1.77 bits per heavy atom. The Morgan fingerprint density at radius 3 is 2.37 bits per heavy atom. The summed E-state index contributed by atoms with van der Waals surface area (Å²) < 4.78 is 7.49. The minimum atomic E-state index is -0.0414. The van der Waals surface area contributed by atoms with Crippen molar-refractivity contribution in [1.82, 2.24) is 9.88 Å². The molecule has 0 saturated carbocycles. The lowest BCUT2D eigenvalue weighted by Gasteiger charge is -2.24. The van der Waals surface area contributed by atoms with Gasteiger partial charge in [-0.2, -0.15) is 0 Å². The molecular formula is C22H27BrClN3O2S. The SMILES string of the molecule is CCN(CC)CCN(C(=O)c1ccc(Br)cc1)c1nc2c(OC)ccc(C)c2s1.Cl. The zero-order valence-electron chi connectivity index (χ0n) is 17.6. The van der Waals surface area contributed by atoms with Crippen molar-refractivity contribution in [2.24, 2.45) is 0 Å². The number of ether oxygens (including phenoxy) is 1. The van der Waals surface area contributed by atoms with Crippen LogP contribution in [0.15, 0.2) is 40.9 Å². The smallest absolute Gasteiger partial charge is 0.260 e. The number of carbonyl (C=O) groups is 1. The van der Waals surface area contributed by atoms with Crippen LogP contribution < -0.4 is 9.64 Å². The predicted molar refractivity (Wildman–Crippen MR) is 132 cm³/mol. The molecule has 0 spiro atoms. The Hall–Kier alpha value is -1.67. The van der Waals surface area contributed by atoms with Gasteiger partial charge in [0.15, 0.2) is 5.13 Å². The lowest BCUT2D eigenvalue weighted by atomic mass is 10.2. The van der Waals surface area contributed by atoms with Crippen LogP contribution in [0.4, 0.5) is 5.13 Å². The molecule has 0 bridgehead atoms. The maximum atomic E-state index is 13.4. The van der Waals surface area contributed by atoms with Gasteiger partial charge in [0.25, 0.3) is 5.91 Å². The Morgan fingerprint density at radius 1 is 1.10 bits per heavy atom. The monoisotopic (exact) mass is 511 g/mol. The van der Waals surface area contributed by atoms with Crippen molar-refractivity contribution in [3.8, 4) is 5.75 Å². The molecule has 8 heteroatoms. The van der Waals surface area contributed by atoms with E-state index in [1.807, 2.05) is 36.4 Å². The number of halogens is 2. The molecule has 1 aromatic heterocycles. The maximum Gasteiger partial charge on any atom is 0.260 e. The number of aromatic nitrogens is 1. The number of likely N-dealkylation sites (N-methyl/N-ethyl adjacent to an activating group) is 1. The van der Waals surface area contributed by atoms with Crippen LogP contribution in [-0.4, -0.2) is 49.1 Å². The standard InChI is InChI=1S/C22H26BrN3O2S.ClH/c1-5-25(6-2)13-14-26(21(27)16-8-10-17(23)11-9-16)22-24-19-18(28-4)12-7-15(3)20(19)29-22;/h7-12H,5-6,13-14H2,1-4H3;1H. The number of carbonyl (C=O) groups excluding carboxylic acids is 1. The maximum absolute atomic E-state index is 13.4. The van der Waals surface area contributed by atoms with Crippen molar-refractivity contribution in [2.45, 2.75) is 20.8 Å². The number of aryl methyl sites for hydroxylation is 1. The second kappa shape index (κ2) is 11.1. The van der Waals surface area contributed by atoms with Crippen LogP contribution in [0.5, 0.6) is 5.75 Å². The first-order valence-corrected chi connectivity index (χ1v) is 11.3. The summed E-state index contributed by atoms with van der Waals surface area (Å²) in [4.78, 5) is 22.3. The number of thiazole rings is 1. The van der Waals surface area contributed by atoms with Crippen molar-refractivity contribution in [2.75, 3.05) is 38.2 Å². The highest BCUT2D eigenvalue weighted by Crippen LogP contribution is 2.36. The zero-order valence-corrected chi connectivity index (χ0v) is 20.9. The van der Waals surface area contributed by atoms with Crippen LogP contribution >= 0.6 is 39.7 Å². The summed E-state index contributed by atoms with van der Waals surface area (Å²) in [7, 11) is 1.65. The van der Waals surface area contributed by atoms with Crippen molar-refractivity contribution in [3.63, 3.8) is 0 Å². The highest BCUT2D eigenvalue weighted by molar-refractivity contribution is 9.10. The van der Waals surface area contributed by atoms with Gasteiger partial charge in [0.05, 0.1) is 11.8 Å². The van der Waals surface area contributed by atoms with Crippen molar-refractivity contribution < 1.29 is 9.53 Å². The third-order valence-electron chi connectivity index (χ3n) is 5.01. The second-order valence-corrected chi connectivity index (χ2v) is 8.64. The second-order valence-electron chi connectivity index (χ2n) is 6.75. The Balaban J connectivity index is 0.00000320. The van der Waals surface area contributed by atoms with E-state index >= 15 is 0 Å². The summed E-state index contributed by atoms with van der Waals surface area (Å²) >= 11 is 4.98. The fraction of sp³-hybridized carbons (Fsp3) is 0.364. The average Bonchev–Trinajstić information content (AvgIpc) is 3.18. The molecule has 0 saturated heterocycles.